The average Bonchev–Trinajstić information content (AvgIpc) is 3.08. The molecule has 1 aliphatic carbocycles. The number of carbonyl (C=O) groups excluding carboxylic acids is 1. The number of nitrogens with two attached hydrogens (primary N) is 1. The minimum Gasteiger partial charge on any atom is -0.465 e. The molecule has 0 aromatic heterocycles. The molecule has 5 heteroatoms. The Bertz CT molecular complexity index is 216. The van der Waals surface area contributed by atoms with Gasteiger partial charge in [0.1, 0.15) is 0 Å². The van der Waals surface area contributed by atoms with Crippen molar-refractivity contribution >= 4 is 5.97 Å². The van der Waals surface area contributed by atoms with Gasteiger partial charge in [0.15, 0.2) is 0 Å². The van der Waals surface area contributed by atoms with Gasteiger partial charge in [-0.3, -0.25) is 4.79 Å². The number of ether oxygens (including phenoxy) is 3. The van der Waals surface area contributed by atoms with Crippen molar-refractivity contribution in [1.29, 1.82) is 0 Å². The largest absolute Gasteiger partial charge is 0.465 e. The smallest absolute Gasteiger partial charge is 0.313 e. The van der Waals surface area contributed by atoms with Gasteiger partial charge in [-0.05, 0) is 12.8 Å². The molecule has 1 rings (SSSR count). The second kappa shape index (κ2) is 6.83. The number of hydrogen-bond acceptors (Lipinski definition) is 5. The highest BCUT2D eigenvalue weighted by atomic mass is 16.5. The highest BCUT2D eigenvalue weighted by Gasteiger charge is 2.50. The number of carbonyl (C=O) groups is 1. The topological polar surface area (TPSA) is 70.8 Å². The molecule has 0 radical (unpaired) electrons. The minimum atomic E-state index is -0.350. The summed E-state index contributed by atoms with van der Waals surface area (Å²) in [6.45, 7) is 2.57. The Morgan fingerprint density at radius 2 is 2.00 bits per heavy atom. The van der Waals surface area contributed by atoms with Crippen molar-refractivity contribution in [3.63, 3.8) is 0 Å². The zero-order chi connectivity index (χ0) is 11.9. The molecule has 16 heavy (non-hydrogen) atoms. The Balaban J connectivity index is 1.93. The number of esters is 1. The molecule has 0 amide bonds. The van der Waals surface area contributed by atoms with Crippen LogP contribution < -0.4 is 5.73 Å². The summed E-state index contributed by atoms with van der Waals surface area (Å²) in [6, 6.07) is 0. The fourth-order valence-electron chi connectivity index (χ4n) is 1.37. The summed E-state index contributed by atoms with van der Waals surface area (Å²) in [5.74, 6) is -0.146. The molecule has 0 aliphatic heterocycles. The van der Waals surface area contributed by atoms with Crippen molar-refractivity contribution in [2.75, 3.05) is 40.1 Å². The SMILES string of the molecule is COCCOCCCOC(=O)C1(CN)CC1. The van der Waals surface area contributed by atoms with Crippen LogP contribution in [0.3, 0.4) is 0 Å². The van der Waals surface area contributed by atoms with Gasteiger partial charge < -0.3 is 19.9 Å². The molecule has 0 aromatic rings. The first-order valence-electron chi connectivity index (χ1n) is 5.69. The van der Waals surface area contributed by atoms with Crippen LogP contribution in [0.25, 0.3) is 0 Å². The third-order valence-electron chi connectivity index (χ3n) is 2.78. The first kappa shape index (κ1) is 13.4. The van der Waals surface area contributed by atoms with Crippen molar-refractivity contribution in [1.82, 2.24) is 0 Å². The van der Waals surface area contributed by atoms with Crippen molar-refractivity contribution in [3.8, 4) is 0 Å². The fraction of sp³-hybridized carbons (Fsp3) is 0.909. The summed E-state index contributed by atoms with van der Waals surface area (Å²) in [4.78, 5) is 11.5. The van der Waals surface area contributed by atoms with Crippen LogP contribution in [0.5, 0.6) is 0 Å². The van der Waals surface area contributed by atoms with Crippen molar-refractivity contribution in [3.05, 3.63) is 0 Å². The van der Waals surface area contributed by atoms with E-state index in [2.05, 4.69) is 0 Å². The second-order valence-electron chi connectivity index (χ2n) is 4.08. The van der Waals surface area contributed by atoms with Crippen LogP contribution in [0.1, 0.15) is 19.3 Å². The van der Waals surface area contributed by atoms with Gasteiger partial charge in [0.2, 0.25) is 0 Å². The van der Waals surface area contributed by atoms with Gasteiger partial charge in [0, 0.05) is 26.7 Å². The quantitative estimate of drug-likeness (QED) is 0.457. The lowest BCUT2D eigenvalue weighted by molar-refractivity contribution is -0.150. The van der Waals surface area contributed by atoms with Crippen molar-refractivity contribution < 1.29 is 19.0 Å². The molecule has 0 aromatic carbocycles. The molecule has 0 heterocycles. The number of methoxy groups -OCH3 is 1. The molecule has 1 saturated carbocycles. The van der Waals surface area contributed by atoms with Crippen molar-refractivity contribution in [2.45, 2.75) is 19.3 Å². The maximum absolute atomic E-state index is 11.5. The van der Waals surface area contributed by atoms with E-state index in [1.165, 1.54) is 0 Å². The Labute approximate surface area is 96.2 Å². The Morgan fingerprint density at radius 3 is 2.56 bits per heavy atom. The van der Waals surface area contributed by atoms with Gasteiger partial charge in [-0.2, -0.15) is 0 Å². The van der Waals surface area contributed by atoms with E-state index in [1.807, 2.05) is 0 Å². The number of rotatable bonds is 9. The van der Waals surface area contributed by atoms with Crippen LogP contribution in [0.15, 0.2) is 0 Å². The Kier molecular flexibility index (Phi) is 5.73. The standard InChI is InChI=1S/C11H21NO4/c1-14-7-8-15-5-2-6-16-10(13)11(9-12)3-4-11/h2-9,12H2,1H3. The molecule has 1 fully saturated rings. The molecule has 2 N–H and O–H groups in total. The zero-order valence-electron chi connectivity index (χ0n) is 9.87. The molecule has 1 aliphatic rings. The first-order valence-corrected chi connectivity index (χ1v) is 5.69. The van der Waals surface area contributed by atoms with Crippen LogP contribution in [-0.2, 0) is 19.0 Å². The van der Waals surface area contributed by atoms with Crippen LogP contribution >= 0.6 is 0 Å². The van der Waals surface area contributed by atoms with E-state index in [1.54, 1.807) is 7.11 Å². The van der Waals surface area contributed by atoms with E-state index >= 15 is 0 Å². The molecule has 5 nitrogen and oxygen atoms in total. The van der Waals surface area contributed by atoms with E-state index in [4.69, 9.17) is 19.9 Å². The van der Waals surface area contributed by atoms with E-state index in [0.717, 1.165) is 19.3 Å². The van der Waals surface area contributed by atoms with Crippen molar-refractivity contribution in [2.24, 2.45) is 11.1 Å². The summed E-state index contributed by atoms with van der Waals surface area (Å²) in [7, 11) is 1.63. The van der Waals surface area contributed by atoms with Gasteiger partial charge in [0.05, 0.1) is 25.2 Å². The van der Waals surface area contributed by atoms with E-state index in [9.17, 15) is 4.79 Å². The molecule has 0 saturated heterocycles. The van der Waals surface area contributed by atoms with Gasteiger partial charge in [-0.15, -0.1) is 0 Å². The maximum atomic E-state index is 11.5. The summed E-state index contributed by atoms with van der Waals surface area (Å²) in [5.41, 5.74) is 5.17. The third-order valence-corrected chi connectivity index (χ3v) is 2.78. The average molecular weight is 231 g/mol. The summed E-state index contributed by atoms with van der Waals surface area (Å²) >= 11 is 0. The molecule has 94 valence electrons. The van der Waals surface area contributed by atoms with E-state index < -0.39 is 0 Å². The summed E-state index contributed by atoms with van der Waals surface area (Å²) in [6.07, 6.45) is 2.45. The molecule has 0 bridgehead atoms. The lowest BCUT2D eigenvalue weighted by Crippen LogP contribution is -2.27. The molecular weight excluding hydrogens is 210 g/mol. The van der Waals surface area contributed by atoms with Crippen LogP contribution in [-0.4, -0.2) is 46.1 Å². The molecule has 0 spiro atoms. The first-order chi connectivity index (χ1) is 7.75. The highest BCUT2D eigenvalue weighted by Crippen LogP contribution is 2.45. The zero-order valence-corrected chi connectivity index (χ0v) is 9.87. The summed E-state index contributed by atoms with van der Waals surface area (Å²) < 4.78 is 15.2. The van der Waals surface area contributed by atoms with Gasteiger partial charge in [-0.1, -0.05) is 0 Å². The molecule has 0 unspecified atom stereocenters. The Hall–Kier alpha value is -0.650. The predicted octanol–water partition coefficient (Wildman–Crippen LogP) is 0.322. The maximum Gasteiger partial charge on any atom is 0.313 e. The normalized spacial score (nSPS) is 17.1. The summed E-state index contributed by atoms with van der Waals surface area (Å²) in [5, 5.41) is 0. The van der Waals surface area contributed by atoms with Gasteiger partial charge >= 0.3 is 5.97 Å². The number of hydrogen-bond donors (Lipinski definition) is 1. The molecular formula is C11H21NO4. The van der Waals surface area contributed by atoms with E-state index in [-0.39, 0.29) is 11.4 Å². The van der Waals surface area contributed by atoms with Crippen LogP contribution in [0.4, 0.5) is 0 Å². The third kappa shape index (κ3) is 4.08. The van der Waals surface area contributed by atoms with Gasteiger partial charge in [0.25, 0.3) is 0 Å². The fourth-order valence-corrected chi connectivity index (χ4v) is 1.37. The predicted molar refractivity (Wildman–Crippen MR) is 59.0 cm³/mol. The van der Waals surface area contributed by atoms with E-state index in [0.29, 0.717) is 33.0 Å². The second-order valence-corrected chi connectivity index (χ2v) is 4.08. The van der Waals surface area contributed by atoms with Crippen LogP contribution in [0, 0.1) is 5.41 Å². The lowest BCUT2D eigenvalue weighted by Gasteiger charge is -2.11. The van der Waals surface area contributed by atoms with Crippen LogP contribution in [0.2, 0.25) is 0 Å². The molecule has 0 atom stereocenters. The monoisotopic (exact) mass is 231 g/mol. The Morgan fingerprint density at radius 1 is 1.25 bits per heavy atom. The highest BCUT2D eigenvalue weighted by molar-refractivity contribution is 5.80. The lowest BCUT2D eigenvalue weighted by atomic mass is 10.1. The minimum absolute atomic E-state index is 0.146. The van der Waals surface area contributed by atoms with Gasteiger partial charge in [-0.25, -0.2) is 0 Å².